The monoisotopic (exact) mass is 377 g/mol. The van der Waals surface area contributed by atoms with Gasteiger partial charge in [0.1, 0.15) is 12.1 Å². The van der Waals surface area contributed by atoms with Gasteiger partial charge >= 0.3 is 11.9 Å². The first-order chi connectivity index (χ1) is 13.0. The quantitative estimate of drug-likeness (QED) is 0.448. The van der Waals surface area contributed by atoms with Crippen molar-refractivity contribution >= 4 is 17.8 Å². The molecule has 0 aromatic carbocycles. The number of rotatable bonds is 11. The zero-order chi connectivity index (χ0) is 19.6. The summed E-state index contributed by atoms with van der Waals surface area (Å²) in [6.45, 7) is 5.28. The van der Waals surface area contributed by atoms with E-state index in [9.17, 15) is 14.4 Å². The van der Waals surface area contributed by atoms with Crippen molar-refractivity contribution in [3.05, 3.63) is 30.1 Å². The van der Waals surface area contributed by atoms with Crippen LogP contribution in [0, 0.1) is 0 Å². The van der Waals surface area contributed by atoms with Gasteiger partial charge in [0.15, 0.2) is 0 Å². The van der Waals surface area contributed by atoms with E-state index in [1.54, 1.807) is 20.0 Å². The fourth-order valence-corrected chi connectivity index (χ4v) is 2.73. The molecule has 0 radical (unpaired) electrons. The van der Waals surface area contributed by atoms with E-state index in [0.29, 0.717) is 6.54 Å². The molecule has 148 valence electrons. The molecule has 1 N–H and O–H groups in total. The molecule has 1 amide bonds. The number of hydrogen-bond donors (Lipinski definition) is 1. The van der Waals surface area contributed by atoms with Crippen LogP contribution >= 0.6 is 0 Å². The number of nitrogens with zero attached hydrogens (tertiary/aromatic N) is 2. The van der Waals surface area contributed by atoms with Crippen LogP contribution in [0.25, 0.3) is 0 Å². The molecule has 1 aliphatic rings. The van der Waals surface area contributed by atoms with Crippen LogP contribution in [-0.4, -0.2) is 66.1 Å². The topological polar surface area (TPSA) is 97.6 Å². The normalized spacial score (nSPS) is 19.0. The summed E-state index contributed by atoms with van der Waals surface area (Å²) in [5.41, 5.74) is 0.974. The van der Waals surface area contributed by atoms with Crippen LogP contribution < -0.4 is 5.32 Å². The summed E-state index contributed by atoms with van der Waals surface area (Å²) in [5, 5.41) is 2.71. The van der Waals surface area contributed by atoms with Gasteiger partial charge in [-0.2, -0.15) is 0 Å². The van der Waals surface area contributed by atoms with Crippen LogP contribution in [-0.2, 0) is 30.3 Å². The lowest BCUT2D eigenvalue weighted by molar-refractivity contribution is -0.148. The van der Waals surface area contributed by atoms with Gasteiger partial charge in [-0.1, -0.05) is 6.07 Å². The number of hydrogen-bond acceptors (Lipinski definition) is 7. The Labute approximate surface area is 159 Å². The van der Waals surface area contributed by atoms with Gasteiger partial charge in [-0.15, -0.1) is 0 Å². The average molecular weight is 377 g/mol. The number of aromatic nitrogens is 1. The van der Waals surface area contributed by atoms with Gasteiger partial charge in [-0.05, 0) is 32.4 Å². The maximum Gasteiger partial charge on any atom is 0.328 e. The summed E-state index contributed by atoms with van der Waals surface area (Å²) >= 11 is 0. The molecule has 0 bridgehead atoms. The molecule has 0 aliphatic carbocycles. The second-order valence-corrected chi connectivity index (χ2v) is 6.24. The molecule has 1 aliphatic heterocycles. The lowest BCUT2D eigenvalue weighted by Gasteiger charge is -2.17. The number of pyridine rings is 1. The molecule has 1 aromatic rings. The first-order valence-electron chi connectivity index (χ1n) is 9.31. The van der Waals surface area contributed by atoms with Crippen molar-refractivity contribution in [1.82, 2.24) is 15.2 Å². The Bertz CT molecular complexity index is 637. The van der Waals surface area contributed by atoms with Crippen LogP contribution in [0.5, 0.6) is 0 Å². The first-order valence-corrected chi connectivity index (χ1v) is 9.31. The van der Waals surface area contributed by atoms with E-state index < -0.39 is 18.0 Å². The molecule has 0 spiro atoms. The highest BCUT2D eigenvalue weighted by molar-refractivity contribution is 5.89. The standard InChI is InChI=1S/C19H27N3O5/c1-3-26-17(23)9-8-15(19(25)27-4-2)21-18(24)16-13-22(16)12-10-14-7-5-6-11-20-14/h5-7,11,15-16H,3-4,8-10,12-13H2,1-2H3,(H,21,24). The van der Waals surface area contributed by atoms with Gasteiger partial charge in [0, 0.05) is 37.8 Å². The van der Waals surface area contributed by atoms with E-state index in [4.69, 9.17) is 9.47 Å². The molecule has 8 heteroatoms. The molecule has 3 unspecified atom stereocenters. The van der Waals surface area contributed by atoms with Crippen molar-refractivity contribution in [2.45, 2.75) is 45.2 Å². The summed E-state index contributed by atoms with van der Waals surface area (Å²) in [4.78, 5) is 42.3. The van der Waals surface area contributed by atoms with Crippen molar-refractivity contribution < 1.29 is 23.9 Å². The fourth-order valence-electron chi connectivity index (χ4n) is 2.73. The van der Waals surface area contributed by atoms with E-state index in [0.717, 1.165) is 18.7 Å². The van der Waals surface area contributed by atoms with E-state index in [2.05, 4.69) is 10.3 Å². The molecule has 3 atom stereocenters. The molecular weight excluding hydrogens is 350 g/mol. The minimum atomic E-state index is -0.847. The van der Waals surface area contributed by atoms with Gasteiger partial charge in [0.25, 0.3) is 0 Å². The minimum Gasteiger partial charge on any atom is -0.466 e. The Balaban J connectivity index is 1.80. The van der Waals surface area contributed by atoms with Crippen molar-refractivity contribution in [3.63, 3.8) is 0 Å². The number of amides is 1. The molecule has 1 fully saturated rings. The first kappa shape index (κ1) is 20.8. The summed E-state index contributed by atoms with van der Waals surface area (Å²) < 4.78 is 9.87. The van der Waals surface area contributed by atoms with E-state index in [-0.39, 0.29) is 38.0 Å². The number of nitrogens with one attached hydrogen (secondary N) is 1. The second kappa shape index (κ2) is 10.6. The Morgan fingerprint density at radius 2 is 2.04 bits per heavy atom. The number of carbonyl (C=O) groups is 3. The van der Waals surface area contributed by atoms with Gasteiger partial charge in [-0.25, -0.2) is 4.79 Å². The van der Waals surface area contributed by atoms with Crippen LogP contribution in [0.1, 0.15) is 32.4 Å². The second-order valence-electron chi connectivity index (χ2n) is 6.24. The number of carbonyl (C=O) groups excluding carboxylic acids is 3. The van der Waals surface area contributed by atoms with Crippen molar-refractivity contribution in [3.8, 4) is 0 Å². The molecule has 1 aromatic heterocycles. The molecule has 0 saturated carbocycles. The van der Waals surface area contributed by atoms with E-state index in [1.165, 1.54) is 0 Å². The Morgan fingerprint density at radius 1 is 1.26 bits per heavy atom. The highest BCUT2D eigenvalue weighted by Crippen LogP contribution is 2.18. The van der Waals surface area contributed by atoms with Crippen LogP contribution in [0.4, 0.5) is 0 Å². The lowest BCUT2D eigenvalue weighted by Crippen LogP contribution is -2.44. The van der Waals surface area contributed by atoms with Gasteiger partial charge in [0.05, 0.1) is 13.2 Å². The molecule has 27 heavy (non-hydrogen) atoms. The fraction of sp³-hybridized carbons (Fsp3) is 0.579. The minimum absolute atomic E-state index is 0.0473. The highest BCUT2D eigenvalue weighted by Gasteiger charge is 2.41. The zero-order valence-corrected chi connectivity index (χ0v) is 15.8. The Morgan fingerprint density at radius 3 is 2.70 bits per heavy atom. The maximum absolute atomic E-state index is 12.4. The predicted molar refractivity (Wildman–Crippen MR) is 97.7 cm³/mol. The average Bonchev–Trinajstić information content (AvgIpc) is 3.44. The smallest absolute Gasteiger partial charge is 0.328 e. The summed E-state index contributed by atoms with van der Waals surface area (Å²) in [6, 6.07) is 4.64. The largest absolute Gasteiger partial charge is 0.466 e. The maximum atomic E-state index is 12.4. The molecule has 2 rings (SSSR count). The summed E-state index contributed by atoms with van der Waals surface area (Å²) in [7, 11) is 0. The SMILES string of the molecule is CCOC(=O)CCC(NC(=O)C1CN1CCc1ccccn1)C(=O)OCC. The summed E-state index contributed by atoms with van der Waals surface area (Å²) in [6.07, 6.45) is 2.71. The van der Waals surface area contributed by atoms with E-state index in [1.807, 2.05) is 23.1 Å². The van der Waals surface area contributed by atoms with Crippen molar-refractivity contribution in [2.24, 2.45) is 0 Å². The Hall–Kier alpha value is -2.48. The van der Waals surface area contributed by atoms with Gasteiger partial charge in [-0.3, -0.25) is 19.5 Å². The van der Waals surface area contributed by atoms with E-state index >= 15 is 0 Å². The van der Waals surface area contributed by atoms with Crippen LogP contribution in [0.2, 0.25) is 0 Å². The highest BCUT2D eigenvalue weighted by atomic mass is 16.5. The van der Waals surface area contributed by atoms with Crippen molar-refractivity contribution in [2.75, 3.05) is 26.3 Å². The molecule has 8 nitrogen and oxygen atoms in total. The van der Waals surface area contributed by atoms with Crippen LogP contribution in [0.15, 0.2) is 24.4 Å². The van der Waals surface area contributed by atoms with Crippen LogP contribution in [0.3, 0.4) is 0 Å². The zero-order valence-electron chi connectivity index (χ0n) is 15.8. The third kappa shape index (κ3) is 6.97. The van der Waals surface area contributed by atoms with Gasteiger partial charge in [0.2, 0.25) is 5.91 Å². The summed E-state index contributed by atoms with van der Waals surface area (Å²) in [5.74, 6) is -1.15. The lowest BCUT2D eigenvalue weighted by atomic mass is 10.1. The Kier molecular flexibility index (Phi) is 8.19. The van der Waals surface area contributed by atoms with Gasteiger partial charge < -0.3 is 14.8 Å². The molecule has 2 heterocycles. The third-order valence-corrected chi connectivity index (χ3v) is 4.23. The molecular formula is C19H27N3O5. The predicted octanol–water partition coefficient (Wildman–Crippen LogP) is 0.700. The van der Waals surface area contributed by atoms with Crippen molar-refractivity contribution in [1.29, 1.82) is 0 Å². The number of esters is 2. The number of ether oxygens (including phenoxy) is 2. The molecule has 1 saturated heterocycles. The third-order valence-electron chi connectivity index (χ3n) is 4.23.